The lowest BCUT2D eigenvalue weighted by Gasteiger charge is -2.09. The number of nitrogens with two attached hydrogens (primary N) is 1. The number of rotatable bonds is 4. The van der Waals surface area contributed by atoms with E-state index in [4.69, 9.17) is 5.73 Å². The molecule has 10 heteroatoms. The van der Waals surface area contributed by atoms with Crippen molar-refractivity contribution in [2.45, 2.75) is 9.79 Å². The van der Waals surface area contributed by atoms with Gasteiger partial charge in [-0.15, -0.1) is 0 Å². The van der Waals surface area contributed by atoms with Crippen LogP contribution in [-0.2, 0) is 19.4 Å². The highest BCUT2D eigenvalue weighted by Crippen LogP contribution is 2.28. The smallest absolute Gasteiger partial charge is 0.345 e. The predicted octanol–water partition coefficient (Wildman–Crippen LogP) is 2.83. The largest absolute Gasteiger partial charge is 0.388 e. The molecule has 0 saturated carbocycles. The van der Waals surface area contributed by atoms with Crippen LogP contribution in [0.2, 0.25) is 0 Å². The van der Waals surface area contributed by atoms with Crippen LogP contribution in [0.1, 0.15) is 10.4 Å². The van der Waals surface area contributed by atoms with Crippen LogP contribution in [0.4, 0.5) is 4.39 Å². The van der Waals surface area contributed by atoms with Crippen molar-refractivity contribution in [2.24, 2.45) is 5.73 Å². The summed E-state index contributed by atoms with van der Waals surface area (Å²) < 4.78 is 43.9. The lowest BCUT2D eigenvalue weighted by Crippen LogP contribution is -2.21. The van der Waals surface area contributed by atoms with Crippen LogP contribution in [0.25, 0.3) is 0 Å². The maximum Gasteiger partial charge on any atom is 0.345 e. The first-order valence-electron chi connectivity index (χ1n) is 6.60. The van der Waals surface area contributed by atoms with Gasteiger partial charge in [-0.2, -0.15) is 0 Å². The van der Waals surface area contributed by atoms with Crippen LogP contribution in [0.3, 0.4) is 0 Å². The van der Waals surface area contributed by atoms with Gasteiger partial charge in [0.1, 0.15) is 5.82 Å². The Kier molecular flexibility index (Phi) is 6.09. The van der Waals surface area contributed by atoms with Gasteiger partial charge in [0.25, 0.3) is 0 Å². The predicted molar refractivity (Wildman–Crippen MR) is 93.2 cm³/mol. The number of carbonyl (C=O) groups is 2. The Morgan fingerprint density at radius 3 is 2.12 bits per heavy atom. The summed E-state index contributed by atoms with van der Waals surface area (Å²) in [5, 5.41) is 0. The summed E-state index contributed by atoms with van der Waals surface area (Å²) in [4.78, 5) is 22.5. The van der Waals surface area contributed by atoms with Crippen molar-refractivity contribution in [3.8, 4) is 0 Å². The fraction of sp³-hybridized carbons (Fsp3) is 0.0667. The third kappa shape index (κ3) is 4.72. The molecule has 6 nitrogen and oxygen atoms in total. The summed E-state index contributed by atoms with van der Waals surface area (Å²) in [7, 11) is -4.11. The van der Waals surface area contributed by atoms with E-state index >= 15 is 0 Å². The fourth-order valence-electron chi connectivity index (χ4n) is 1.86. The van der Waals surface area contributed by atoms with E-state index < -0.39 is 34.1 Å². The monoisotopic (exact) mass is 493 g/mol. The zero-order valence-corrected chi connectivity index (χ0v) is 16.3. The van der Waals surface area contributed by atoms with E-state index in [0.29, 0.717) is 0 Å². The molecule has 0 atom stereocenters. The van der Waals surface area contributed by atoms with Gasteiger partial charge in [-0.3, -0.25) is 4.79 Å². The minimum Gasteiger partial charge on any atom is -0.388 e. The molecule has 0 aliphatic heterocycles. The van der Waals surface area contributed by atoms with E-state index in [1.165, 1.54) is 18.2 Å². The Morgan fingerprint density at radius 1 is 1.00 bits per heavy atom. The van der Waals surface area contributed by atoms with Crippen LogP contribution < -0.4 is 5.73 Å². The molecular formula is C15H10Br2FNO5S. The summed E-state index contributed by atoms with van der Waals surface area (Å²) in [6, 6.07) is 6.76. The Hall–Kier alpha value is -1.62. The van der Waals surface area contributed by atoms with E-state index in [1.807, 2.05) is 0 Å². The summed E-state index contributed by atoms with van der Waals surface area (Å²) in [6.07, 6.45) is 0. The maximum atomic E-state index is 13.5. The third-order valence-electron chi connectivity index (χ3n) is 2.94. The minimum absolute atomic E-state index is 0.176. The molecule has 2 aromatic carbocycles. The van der Waals surface area contributed by atoms with Crippen LogP contribution in [0.15, 0.2) is 55.1 Å². The number of hydrogen-bond acceptors (Lipinski definition) is 6. The average Bonchev–Trinajstić information content (AvgIpc) is 2.53. The molecule has 0 saturated heterocycles. The second-order valence-corrected chi connectivity index (χ2v) is 8.53. The Bertz CT molecular complexity index is 942. The fourth-order valence-corrected chi connectivity index (χ4v) is 4.51. The molecule has 0 radical (unpaired) electrons. The van der Waals surface area contributed by atoms with Gasteiger partial charge in [0.15, 0.2) is 0 Å². The van der Waals surface area contributed by atoms with E-state index in [0.717, 1.165) is 18.2 Å². The Labute approximate surface area is 159 Å². The number of esters is 2. The lowest BCUT2D eigenvalue weighted by molar-refractivity contribution is -0.136. The van der Waals surface area contributed by atoms with Crippen molar-refractivity contribution in [2.75, 3.05) is 6.54 Å². The standard InChI is InChI=1S/C15H10Br2FNO5S/c16-9-1-8(15(21)24-14(20)7-19)2-12(4-9)25(22,23)13-5-10(17)3-11(18)6-13/h1-6H,7,19H2. The zero-order valence-electron chi connectivity index (χ0n) is 12.3. The number of carbonyl (C=O) groups excluding carboxylic acids is 2. The molecule has 0 heterocycles. The average molecular weight is 495 g/mol. The zero-order chi connectivity index (χ0) is 18.8. The number of halogens is 3. The number of sulfone groups is 1. The molecule has 132 valence electrons. The molecule has 0 amide bonds. The van der Waals surface area contributed by atoms with Crippen molar-refractivity contribution in [3.05, 3.63) is 56.7 Å². The molecule has 0 aromatic heterocycles. The highest BCUT2D eigenvalue weighted by molar-refractivity contribution is 9.10. The molecule has 2 aromatic rings. The van der Waals surface area contributed by atoms with Crippen LogP contribution in [0.5, 0.6) is 0 Å². The maximum absolute atomic E-state index is 13.5. The van der Waals surface area contributed by atoms with Gasteiger partial charge in [-0.1, -0.05) is 31.9 Å². The van der Waals surface area contributed by atoms with Crippen LogP contribution in [0, 0.1) is 5.82 Å². The van der Waals surface area contributed by atoms with Crippen LogP contribution in [-0.4, -0.2) is 26.9 Å². The molecule has 0 unspecified atom stereocenters. The molecule has 0 aliphatic rings. The lowest BCUT2D eigenvalue weighted by atomic mass is 10.2. The highest BCUT2D eigenvalue weighted by atomic mass is 79.9. The van der Waals surface area contributed by atoms with Crippen molar-refractivity contribution in [3.63, 3.8) is 0 Å². The van der Waals surface area contributed by atoms with E-state index in [-0.39, 0.29) is 24.3 Å². The number of benzene rings is 2. The van der Waals surface area contributed by atoms with Gasteiger partial charge >= 0.3 is 11.9 Å². The number of hydrogen-bond donors (Lipinski definition) is 1. The van der Waals surface area contributed by atoms with E-state index in [1.54, 1.807) is 0 Å². The van der Waals surface area contributed by atoms with Gasteiger partial charge in [0.05, 0.1) is 21.9 Å². The SMILES string of the molecule is NCC(=O)OC(=O)c1cc(Br)cc(S(=O)(=O)c2cc(F)cc(Br)c2)c1. The van der Waals surface area contributed by atoms with E-state index in [2.05, 4.69) is 36.6 Å². The first kappa shape index (κ1) is 19.7. The van der Waals surface area contributed by atoms with Crippen molar-refractivity contribution in [1.82, 2.24) is 0 Å². The molecule has 0 spiro atoms. The first-order valence-corrected chi connectivity index (χ1v) is 9.67. The van der Waals surface area contributed by atoms with Crippen molar-refractivity contribution in [1.29, 1.82) is 0 Å². The third-order valence-corrected chi connectivity index (χ3v) is 5.57. The van der Waals surface area contributed by atoms with E-state index in [9.17, 15) is 22.4 Å². The second-order valence-electron chi connectivity index (χ2n) is 4.75. The summed E-state index contributed by atoms with van der Waals surface area (Å²) in [5.74, 6) is -2.74. The Morgan fingerprint density at radius 2 is 1.56 bits per heavy atom. The first-order chi connectivity index (χ1) is 11.6. The molecule has 2 N–H and O–H groups in total. The minimum atomic E-state index is -4.11. The highest BCUT2D eigenvalue weighted by Gasteiger charge is 2.22. The molecular weight excluding hydrogens is 485 g/mol. The molecule has 25 heavy (non-hydrogen) atoms. The normalized spacial score (nSPS) is 11.2. The summed E-state index contributed by atoms with van der Waals surface area (Å²) in [6.45, 7) is -0.498. The van der Waals surface area contributed by atoms with Gasteiger partial charge in [-0.05, 0) is 36.4 Å². The topological polar surface area (TPSA) is 104 Å². The van der Waals surface area contributed by atoms with Crippen LogP contribution >= 0.6 is 31.9 Å². The van der Waals surface area contributed by atoms with Crippen molar-refractivity contribution >= 4 is 53.6 Å². The Balaban J connectivity index is 2.51. The quantitative estimate of drug-likeness (QED) is 0.517. The number of ether oxygens (including phenoxy) is 1. The molecule has 2 rings (SSSR count). The molecule has 0 bridgehead atoms. The van der Waals surface area contributed by atoms with Gasteiger partial charge in [0.2, 0.25) is 9.84 Å². The molecule has 0 fully saturated rings. The van der Waals surface area contributed by atoms with Gasteiger partial charge in [-0.25, -0.2) is 17.6 Å². The second kappa shape index (κ2) is 7.73. The van der Waals surface area contributed by atoms with Crippen molar-refractivity contribution < 1.29 is 27.1 Å². The van der Waals surface area contributed by atoms with Gasteiger partial charge in [0, 0.05) is 8.95 Å². The van der Waals surface area contributed by atoms with Gasteiger partial charge < -0.3 is 10.5 Å². The summed E-state index contributed by atoms with van der Waals surface area (Å²) in [5.41, 5.74) is 4.88. The summed E-state index contributed by atoms with van der Waals surface area (Å²) >= 11 is 6.12. The molecule has 0 aliphatic carbocycles.